The lowest BCUT2D eigenvalue weighted by Crippen LogP contribution is -2.47. The molecule has 0 unspecified atom stereocenters. The van der Waals surface area contributed by atoms with Gasteiger partial charge in [-0.1, -0.05) is 0 Å². The van der Waals surface area contributed by atoms with Gasteiger partial charge < -0.3 is 20.3 Å². The minimum atomic E-state index is -0.406. The van der Waals surface area contributed by atoms with Crippen LogP contribution in [-0.2, 0) is 11.3 Å². The summed E-state index contributed by atoms with van der Waals surface area (Å²) in [4.78, 5) is 33.1. The Kier molecular flexibility index (Phi) is 7.05. The van der Waals surface area contributed by atoms with Crippen molar-refractivity contribution >= 4 is 30.3 Å². The Balaban J connectivity index is 0.00000243. The normalized spacial score (nSPS) is 13.9. The molecule has 26 heavy (non-hydrogen) atoms. The predicted octanol–water partition coefficient (Wildman–Crippen LogP) is 0.650. The molecule has 3 rings (SSSR count). The summed E-state index contributed by atoms with van der Waals surface area (Å²) >= 11 is 0. The third-order valence-electron chi connectivity index (χ3n) is 3.92. The van der Waals surface area contributed by atoms with Gasteiger partial charge in [0.05, 0.1) is 12.2 Å². The Hall–Kier alpha value is -2.52. The van der Waals surface area contributed by atoms with Crippen LogP contribution in [0.15, 0.2) is 24.8 Å². The third-order valence-corrected chi connectivity index (χ3v) is 3.92. The van der Waals surface area contributed by atoms with E-state index in [4.69, 9.17) is 10.5 Å². The van der Waals surface area contributed by atoms with E-state index in [1.165, 1.54) is 12.4 Å². The van der Waals surface area contributed by atoms with Gasteiger partial charge in [0.25, 0.3) is 0 Å². The van der Waals surface area contributed by atoms with Crippen LogP contribution in [0.4, 0.5) is 11.9 Å². The van der Waals surface area contributed by atoms with Crippen molar-refractivity contribution in [2.75, 3.05) is 42.6 Å². The summed E-state index contributed by atoms with van der Waals surface area (Å²) in [6, 6.07) is 0. The molecular weight excluding hydrogens is 358 g/mol. The first kappa shape index (κ1) is 19.8. The van der Waals surface area contributed by atoms with E-state index in [0.717, 1.165) is 31.7 Å². The van der Waals surface area contributed by atoms with E-state index in [2.05, 4.69) is 29.7 Å². The molecule has 1 fully saturated rings. The molecule has 0 atom stereocenters. The zero-order valence-electron chi connectivity index (χ0n) is 14.5. The van der Waals surface area contributed by atoms with Crippen LogP contribution in [0.25, 0.3) is 0 Å². The third kappa shape index (κ3) is 4.55. The summed E-state index contributed by atoms with van der Waals surface area (Å²) < 4.78 is 4.93. The predicted molar refractivity (Wildman–Crippen MR) is 99.6 cm³/mol. The Bertz CT molecular complexity index is 704. The number of piperazine rings is 1. The van der Waals surface area contributed by atoms with Gasteiger partial charge in [0.2, 0.25) is 11.9 Å². The number of halogens is 1. The van der Waals surface area contributed by atoms with Gasteiger partial charge in [-0.05, 0) is 6.92 Å². The van der Waals surface area contributed by atoms with Crippen LogP contribution < -0.4 is 15.5 Å². The maximum Gasteiger partial charge on any atom is 0.341 e. The summed E-state index contributed by atoms with van der Waals surface area (Å²) in [7, 11) is 0. The molecule has 0 amide bonds. The number of ether oxygens (including phenoxy) is 1. The summed E-state index contributed by atoms with van der Waals surface area (Å²) in [5.74, 6) is 0.902. The van der Waals surface area contributed by atoms with Crippen molar-refractivity contribution in [3.63, 3.8) is 0 Å². The van der Waals surface area contributed by atoms with Gasteiger partial charge in [0, 0.05) is 63.1 Å². The quantitative estimate of drug-likeness (QED) is 0.748. The molecule has 2 aromatic heterocycles. The van der Waals surface area contributed by atoms with Crippen molar-refractivity contribution in [1.82, 2.24) is 19.9 Å². The smallest absolute Gasteiger partial charge is 0.341 e. The van der Waals surface area contributed by atoms with Crippen LogP contribution in [0.5, 0.6) is 0 Å². The fourth-order valence-electron chi connectivity index (χ4n) is 2.53. The molecule has 1 aliphatic heterocycles. The number of hydrogen-bond acceptors (Lipinski definition) is 9. The molecule has 0 saturated carbocycles. The Morgan fingerprint density at radius 2 is 1.46 bits per heavy atom. The monoisotopic (exact) mass is 379 g/mol. The minimum absolute atomic E-state index is 0. The molecule has 3 heterocycles. The standard InChI is InChI=1S/C16H21N7O2.ClH/c1-2-25-14(24)13-10-20-16(21-11-13)23-5-3-22(4-6-23)15-18-8-12(7-17)9-19-15;/h8-11H,2-7,17H2,1H3;1H. The van der Waals surface area contributed by atoms with Gasteiger partial charge in [-0.2, -0.15) is 0 Å². The lowest BCUT2D eigenvalue weighted by atomic mass is 10.3. The summed E-state index contributed by atoms with van der Waals surface area (Å²) in [5, 5.41) is 0. The highest BCUT2D eigenvalue weighted by Gasteiger charge is 2.21. The van der Waals surface area contributed by atoms with Crippen LogP contribution in [0.3, 0.4) is 0 Å². The molecular formula is C16H22ClN7O2. The molecule has 2 aromatic rings. The first-order valence-electron chi connectivity index (χ1n) is 8.21. The molecule has 0 aromatic carbocycles. The second kappa shape index (κ2) is 9.25. The highest BCUT2D eigenvalue weighted by atomic mass is 35.5. The Morgan fingerprint density at radius 1 is 1.00 bits per heavy atom. The number of rotatable bonds is 5. The second-order valence-electron chi connectivity index (χ2n) is 5.56. The van der Waals surface area contributed by atoms with Crippen molar-refractivity contribution in [3.05, 3.63) is 35.9 Å². The number of esters is 1. The molecule has 140 valence electrons. The fourth-order valence-corrected chi connectivity index (χ4v) is 2.53. The topological polar surface area (TPSA) is 110 Å². The Labute approximate surface area is 158 Å². The van der Waals surface area contributed by atoms with E-state index in [1.54, 1.807) is 19.3 Å². The lowest BCUT2D eigenvalue weighted by Gasteiger charge is -2.34. The molecule has 1 aliphatic rings. The number of anilines is 2. The van der Waals surface area contributed by atoms with E-state index < -0.39 is 5.97 Å². The number of nitrogens with two attached hydrogens (primary N) is 1. The molecule has 1 saturated heterocycles. The van der Waals surface area contributed by atoms with Gasteiger partial charge in [0.15, 0.2) is 0 Å². The summed E-state index contributed by atoms with van der Waals surface area (Å²) in [5.41, 5.74) is 6.84. The molecule has 0 aliphatic carbocycles. The molecule has 10 heteroatoms. The van der Waals surface area contributed by atoms with Crippen LogP contribution >= 0.6 is 12.4 Å². The van der Waals surface area contributed by atoms with Gasteiger partial charge in [-0.25, -0.2) is 24.7 Å². The van der Waals surface area contributed by atoms with Crippen LogP contribution in [0.2, 0.25) is 0 Å². The fraction of sp³-hybridized carbons (Fsp3) is 0.438. The molecule has 0 bridgehead atoms. The van der Waals surface area contributed by atoms with Crippen molar-refractivity contribution in [2.45, 2.75) is 13.5 Å². The summed E-state index contributed by atoms with van der Waals surface area (Å²) in [6.45, 7) is 5.57. The van der Waals surface area contributed by atoms with E-state index >= 15 is 0 Å². The molecule has 2 N–H and O–H groups in total. The van der Waals surface area contributed by atoms with Crippen LogP contribution in [-0.4, -0.2) is 58.7 Å². The lowest BCUT2D eigenvalue weighted by molar-refractivity contribution is 0.0525. The van der Waals surface area contributed by atoms with Gasteiger partial charge in [-0.15, -0.1) is 12.4 Å². The van der Waals surface area contributed by atoms with E-state index in [1.807, 2.05) is 0 Å². The van der Waals surface area contributed by atoms with Crippen molar-refractivity contribution in [1.29, 1.82) is 0 Å². The average molecular weight is 380 g/mol. The largest absolute Gasteiger partial charge is 0.462 e. The van der Waals surface area contributed by atoms with E-state index in [0.29, 0.717) is 30.6 Å². The van der Waals surface area contributed by atoms with E-state index in [-0.39, 0.29) is 12.4 Å². The number of aromatic nitrogens is 4. The van der Waals surface area contributed by atoms with Gasteiger partial charge in [-0.3, -0.25) is 0 Å². The first-order valence-corrected chi connectivity index (χ1v) is 8.21. The summed E-state index contributed by atoms with van der Waals surface area (Å²) in [6.07, 6.45) is 6.51. The van der Waals surface area contributed by atoms with Crippen molar-refractivity contribution in [2.24, 2.45) is 5.73 Å². The average Bonchev–Trinajstić information content (AvgIpc) is 2.68. The number of carbonyl (C=O) groups excluding carboxylic acids is 1. The number of carbonyl (C=O) groups is 1. The highest BCUT2D eigenvalue weighted by Crippen LogP contribution is 2.15. The molecule has 0 radical (unpaired) electrons. The van der Waals surface area contributed by atoms with Crippen LogP contribution in [0, 0.1) is 0 Å². The van der Waals surface area contributed by atoms with Crippen molar-refractivity contribution in [3.8, 4) is 0 Å². The zero-order chi connectivity index (χ0) is 17.6. The molecule has 0 spiro atoms. The zero-order valence-corrected chi connectivity index (χ0v) is 15.4. The second-order valence-corrected chi connectivity index (χ2v) is 5.56. The number of hydrogen-bond donors (Lipinski definition) is 1. The molecule has 9 nitrogen and oxygen atoms in total. The highest BCUT2D eigenvalue weighted by molar-refractivity contribution is 5.88. The maximum absolute atomic E-state index is 11.6. The van der Waals surface area contributed by atoms with E-state index in [9.17, 15) is 4.79 Å². The van der Waals surface area contributed by atoms with Gasteiger partial charge in [0.1, 0.15) is 0 Å². The minimum Gasteiger partial charge on any atom is -0.462 e. The van der Waals surface area contributed by atoms with Crippen molar-refractivity contribution < 1.29 is 9.53 Å². The van der Waals surface area contributed by atoms with Crippen LogP contribution in [0.1, 0.15) is 22.8 Å². The van der Waals surface area contributed by atoms with Gasteiger partial charge >= 0.3 is 5.97 Å². The number of nitrogens with zero attached hydrogens (tertiary/aromatic N) is 6. The first-order chi connectivity index (χ1) is 12.2. The maximum atomic E-state index is 11.6. The Morgan fingerprint density at radius 3 is 1.88 bits per heavy atom. The SMILES string of the molecule is CCOC(=O)c1cnc(N2CCN(c3ncc(CN)cn3)CC2)nc1.Cl.